The SMILES string of the molecule is COC(=O)c1cc(C)cc(C=C(C)C)c1OC. The van der Waals surface area contributed by atoms with Gasteiger partial charge in [-0.2, -0.15) is 0 Å². The van der Waals surface area contributed by atoms with E-state index >= 15 is 0 Å². The van der Waals surface area contributed by atoms with Crippen LogP contribution in [0.25, 0.3) is 6.08 Å². The molecule has 0 amide bonds. The first-order valence-corrected chi connectivity index (χ1v) is 5.41. The average molecular weight is 234 g/mol. The van der Waals surface area contributed by atoms with Gasteiger partial charge in [-0.15, -0.1) is 0 Å². The maximum Gasteiger partial charge on any atom is 0.341 e. The Morgan fingerprint density at radius 2 is 1.88 bits per heavy atom. The number of rotatable bonds is 3. The van der Waals surface area contributed by atoms with Gasteiger partial charge in [0.2, 0.25) is 0 Å². The average Bonchev–Trinajstić information content (AvgIpc) is 2.26. The van der Waals surface area contributed by atoms with Crippen LogP contribution in [0.4, 0.5) is 0 Å². The van der Waals surface area contributed by atoms with Crippen LogP contribution in [0.1, 0.15) is 35.3 Å². The molecule has 0 bridgehead atoms. The maximum absolute atomic E-state index is 11.7. The summed E-state index contributed by atoms with van der Waals surface area (Å²) in [5, 5.41) is 0. The van der Waals surface area contributed by atoms with E-state index in [0.29, 0.717) is 11.3 Å². The van der Waals surface area contributed by atoms with Crippen LogP contribution in [-0.2, 0) is 4.74 Å². The quantitative estimate of drug-likeness (QED) is 0.753. The van der Waals surface area contributed by atoms with Crippen LogP contribution in [0.3, 0.4) is 0 Å². The molecule has 0 fully saturated rings. The molecule has 0 saturated heterocycles. The summed E-state index contributed by atoms with van der Waals surface area (Å²) >= 11 is 0. The van der Waals surface area contributed by atoms with Crippen LogP contribution < -0.4 is 4.74 Å². The summed E-state index contributed by atoms with van der Waals surface area (Å²) in [5.74, 6) is 0.178. The normalized spacial score (nSPS) is 9.71. The molecule has 3 heteroatoms. The molecule has 0 atom stereocenters. The summed E-state index contributed by atoms with van der Waals surface area (Å²) in [6.07, 6.45) is 1.98. The van der Waals surface area contributed by atoms with Crippen molar-refractivity contribution in [1.29, 1.82) is 0 Å². The Bertz CT molecular complexity index is 455. The minimum Gasteiger partial charge on any atom is -0.495 e. The van der Waals surface area contributed by atoms with E-state index < -0.39 is 0 Å². The fourth-order valence-corrected chi connectivity index (χ4v) is 1.71. The summed E-state index contributed by atoms with van der Waals surface area (Å²) in [6.45, 7) is 5.94. The first-order valence-electron chi connectivity index (χ1n) is 5.41. The van der Waals surface area contributed by atoms with Crippen molar-refractivity contribution < 1.29 is 14.3 Å². The topological polar surface area (TPSA) is 35.5 Å². The molecule has 0 radical (unpaired) electrons. The molecule has 0 aromatic heterocycles. The summed E-state index contributed by atoms with van der Waals surface area (Å²) in [6, 6.07) is 3.76. The van der Waals surface area contributed by atoms with Crippen molar-refractivity contribution >= 4 is 12.0 Å². The van der Waals surface area contributed by atoms with E-state index in [-0.39, 0.29) is 5.97 Å². The van der Waals surface area contributed by atoms with Gasteiger partial charge in [-0.3, -0.25) is 0 Å². The lowest BCUT2D eigenvalue weighted by Crippen LogP contribution is -2.06. The highest BCUT2D eigenvalue weighted by molar-refractivity contribution is 5.94. The van der Waals surface area contributed by atoms with E-state index in [1.807, 2.05) is 32.9 Å². The van der Waals surface area contributed by atoms with Crippen LogP contribution in [0.5, 0.6) is 5.75 Å². The highest BCUT2D eigenvalue weighted by Gasteiger charge is 2.16. The first-order chi connectivity index (χ1) is 7.99. The molecule has 0 spiro atoms. The van der Waals surface area contributed by atoms with Crippen molar-refractivity contribution in [2.45, 2.75) is 20.8 Å². The van der Waals surface area contributed by atoms with Gasteiger partial charge < -0.3 is 9.47 Å². The van der Waals surface area contributed by atoms with Crippen LogP contribution in [-0.4, -0.2) is 20.2 Å². The molecule has 1 rings (SSSR count). The van der Waals surface area contributed by atoms with Crippen LogP contribution in [0, 0.1) is 6.92 Å². The third-order valence-electron chi connectivity index (χ3n) is 2.32. The number of hydrogen-bond donors (Lipinski definition) is 0. The van der Waals surface area contributed by atoms with Gasteiger partial charge in [-0.25, -0.2) is 4.79 Å². The zero-order valence-electron chi connectivity index (χ0n) is 11.0. The molecule has 0 aliphatic rings. The van der Waals surface area contributed by atoms with E-state index in [0.717, 1.165) is 16.7 Å². The van der Waals surface area contributed by atoms with Crippen molar-refractivity contribution in [1.82, 2.24) is 0 Å². The first kappa shape index (κ1) is 13.3. The molecule has 1 aromatic rings. The number of hydrogen-bond acceptors (Lipinski definition) is 3. The van der Waals surface area contributed by atoms with Gasteiger partial charge in [0.05, 0.1) is 14.2 Å². The second-order valence-corrected chi connectivity index (χ2v) is 4.15. The minimum absolute atomic E-state index is 0.381. The van der Waals surface area contributed by atoms with Gasteiger partial charge in [0.25, 0.3) is 0 Å². The molecule has 0 unspecified atom stereocenters. The number of methoxy groups -OCH3 is 2. The van der Waals surface area contributed by atoms with E-state index in [9.17, 15) is 4.79 Å². The van der Waals surface area contributed by atoms with Crippen molar-refractivity contribution in [2.75, 3.05) is 14.2 Å². The number of benzene rings is 1. The zero-order valence-corrected chi connectivity index (χ0v) is 11.0. The second-order valence-electron chi connectivity index (χ2n) is 4.15. The van der Waals surface area contributed by atoms with Gasteiger partial charge >= 0.3 is 5.97 Å². The fraction of sp³-hybridized carbons (Fsp3) is 0.357. The van der Waals surface area contributed by atoms with E-state index in [1.165, 1.54) is 7.11 Å². The van der Waals surface area contributed by atoms with E-state index in [2.05, 4.69) is 0 Å². The molecule has 0 aliphatic heterocycles. The molecule has 1 aromatic carbocycles. The van der Waals surface area contributed by atoms with Crippen molar-refractivity contribution in [3.8, 4) is 5.75 Å². The van der Waals surface area contributed by atoms with Crippen molar-refractivity contribution in [2.24, 2.45) is 0 Å². The van der Waals surface area contributed by atoms with Gasteiger partial charge in [0.1, 0.15) is 11.3 Å². The molecular formula is C14H18O3. The molecule has 0 saturated carbocycles. The number of allylic oxidation sites excluding steroid dienone is 1. The Morgan fingerprint density at radius 1 is 1.24 bits per heavy atom. The molecule has 0 N–H and O–H groups in total. The largest absolute Gasteiger partial charge is 0.495 e. The number of aryl methyl sites for hydroxylation is 1. The predicted octanol–water partition coefficient (Wildman–Crippen LogP) is 3.21. The number of carbonyl (C=O) groups is 1. The summed E-state index contributed by atoms with van der Waals surface area (Å²) < 4.78 is 10.1. The lowest BCUT2D eigenvalue weighted by molar-refractivity contribution is 0.0597. The van der Waals surface area contributed by atoms with Crippen molar-refractivity contribution in [3.05, 3.63) is 34.4 Å². The number of esters is 1. The molecule has 0 aliphatic carbocycles. The molecular weight excluding hydrogens is 216 g/mol. The van der Waals surface area contributed by atoms with Crippen LogP contribution >= 0.6 is 0 Å². The van der Waals surface area contributed by atoms with E-state index in [1.54, 1.807) is 13.2 Å². The highest BCUT2D eigenvalue weighted by Crippen LogP contribution is 2.28. The maximum atomic E-state index is 11.7. The smallest absolute Gasteiger partial charge is 0.341 e. The second kappa shape index (κ2) is 5.53. The fourth-order valence-electron chi connectivity index (χ4n) is 1.71. The standard InChI is InChI=1S/C14H18O3/c1-9(2)6-11-7-10(3)8-12(13(11)16-4)14(15)17-5/h6-8H,1-5H3. The van der Waals surface area contributed by atoms with Crippen LogP contribution in [0.15, 0.2) is 17.7 Å². The van der Waals surface area contributed by atoms with Gasteiger partial charge in [-0.1, -0.05) is 11.6 Å². The molecule has 17 heavy (non-hydrogen) atoms. The summed E-state index contributed by atoms with van der Waals surface area (Å²) in [4.78, 5) is 11.7. The zero-order chi connectivity index (χ0) is 13.0. The minimum atomic E-state index is -0.381. The highest BCUT2D eigenvalue weighted by atomic mass is 16.5. The van der Waals surface area contributed by atoms with Gasteiger partial charge in [0.15, 0.2) is 0 Å². The molecule has 0 heterocycles. The Labute approximate surface area is 102 Å². The lowest BCUT2D eigenvalue weighted by atomic mass is 10.0. The lowest BCUT2D eigenvalue weighted by Gasteiger charge is -2.12. The third kappa shape index (κ3) is 3.09. The van der Waals surface area contributed by atoms with E-state index in [4.69, 9.17) is 9.47 Å². The molecule has 3 nitrogen and oxygen atoms in total. The molecule has 92 valence electrons. The summed E-state index contributed by atoms with van der Waals surface area (Å²) in [7, 11) is 2.92. The van der Waals surface area contributed by atoms with Gasteiger partial charge in [-0.05, 0) is 38.5 Å². The Morgan fingerprint density at radius 3 is 2.35 bits per heavy atom. The number of carbonyl (C=O) groups excluding carboxylic acids is 1. The van der Waals surface area contributed by atoms with Crippen molar-refractivity contribution in [3.63, 3.8) is 0 Å². The Kier molecular flexibility index (Phi) is 4.32. The summed E-state index contributed by atoms with van der Waals surface area (Å²) in [5.41, 5.74) is 3.50. The third-order valence-corrected chi connectivity index (χ3v) is 2.32. The van der Waals surface area contributed by atoms with Crippen LogP contribution in [0.2, 0.25) is 0 Å². The monoisotopic (exact) mass is 234 g/mol. The predicted molar refractivity (Wildman–Crippen MR) is 68.4 cm³/mol. The Balaban J connectivity index is 3.45. The Hall–Kier alpha value is -1.77. The number of ether oxygens (including phenoxy) is 2. The van der Waals surface area contributed by atoms with Gasteiger partial charge in [0, 0.05) is 5.56 Å².